The van der Waals surface area contributed by atoms with Crippen LogP contribution in [0, 0.1) is 0 Å². The number of rotatable bonds is 5. The molecule has 0 unspecified atom stereocenters. The third-order valence-electron chi connectivity index (χ3n) is 1.12. The first-order valence-electron chi connectivity index (χ1n) is 3.77. The number of hydrogen-bond donors (Lipinski definition) is 0. The second kappa shape index (κ2) is 8.77. The molecule has 58 valence electrons. The maximum atomic E-state index is 5.47. The number of allylic oxidation sites excluding steroid dienone is 4. The van der Waals surface area contributed by atoms with Gasteiger partial charge < -0.3 is 0 Å². The van der Waals surface area contributed by atoms with E-state index in [1.807, 2.05) is 0 Å². The van der Waals surface area contributed by atoms with Gasteiger partial charge in [0.15, 0.2) is 0 Å². The van der Waals surface area contributed by atoms with Crippen molar-refractivity contribution in [3.63, 3.8) is 0 Å². The van der Waals surface area contributed by atoms with Crippen LogP contribution in [0.3, 0.4) is 0 Å². The first-order chi connectivity index (χ1) is 4.91. The summed E-state index contributed by atoms with van der Waals surface area (Å²) in [6.07, 6.45) is 11.8. The molecule has 1 heteroatoms. The molecule has 0 nitrogen and oxygen atoms in total. The summed E-state index contributed by atoms with van der Waals surface area (Å²) in [5.41, 5.74) is 0. The maximum absolute atomic E-state index is 5.47. The normalized spacial score (nSPS) is 11.8. The Labute approximate surface area is 68.6 Å². The Morgan fingerprint density at radius 1 is 1.10 bits per heavy atom. The first kappa shape index (κ1) is 9.77. The van der Waals surface area contributed by atoms with Crippen molar-refractivity contribution in [1.82, 2.24) is 0 Å². The number of halogens is 1. The van der Waals surface area contributed by atoms with E-state index in [4.69, 9.17) is 11.6 Å². The lowest BCUT2D eigenvalue weighted by Crippen LogP contribution is -1.65. The Hall–Kier alpha value is -0.230. The van der Waals surface area contributed by atoms with Crippen LogP contribution in [-0.4, -0.2) is 5.88 Å². The molecule has 0 fully saturated rings. The van der Waals surface area contributed by atoms with Crippen LogP contribution in [0.1, 0.15) is 26.2 Å². The molecule has 0 aromatic heterocycles. The summed E-state index contributed by atoms with van der Waals surface area (Å²) in [4.78, 5) is 0. The van der Waals surface area contributed by atoms with E-state index < -0.39 is 0 Å². The summed E-state index contributed by atoms with van der Waals surface area (Å²) in [6, 6.07) is 0. The van der Waals surface area contributed by atoms with Gasteiger partial charge in [-0.1, -0.05) is 31.2 Å². The Kier molecular flexibility index (Phi) is 8.57. The predicted molar refractivity (Wildman–Crippen MR) is 48.5 cm³/mol. The highest BCUT2D eigenvalue weighted by Gasteiger charge is 1.72. The summed E-state index contributed by atoms with van der Waals surface area (Å²) >= 11 is 5.47. The zero-order valence-electron chi connectivity index (χ0n) is 6.52. The molecule has 0 saturated heterocycles. The molecule has 0 aliphatic heterocycles. The first-order valence-corrected chi connectivity index (χ1v) is 4.31. The van der Waals surface area contributed by atoms with Gasteiger partial charge in [-0.15, -0.1) is 11.6 Å². The summed E-state index contributed by atoms with van der Waals surface area (Å²) in [5, 5.41) is 0. The van der Waals surface area contributed by atoms with E-state index in [2.05, 4.69) is 31.2 Å². The van der Waals surface area contributed by atoms with Gasteiger partial charge in [-0.05, 0) is 19.3 Å². The van der Waals surface area contributed by atoms with Crippen LogP contribution < -0.4 is 0 Å². The minimum atomic E-state index is 0.730. The Morgan fingerprint density at radius 3 is 2.40 bits per heavy atom. The zero-order chi connectivity index (χ0) is 7.66. The predicted octanol–water partition coefficient (Wildman–Crippen LogP) is 3.53. The Bertz CT molecular complexity index is 103. The topological polar surface area (TPSA) is 0 Å². The van der Waals surface area contributed by atoms with Crippen LogP contribution in [0.25, 0.3) is 0 Å². The van der Waals surface area contributed by atoms with Gasteiger partial charge >= 0.3 is 0 Å². The second-order valence-electron chi connectivity index (χ2n) is 2.06. The molecule has 0 rings (SSSR count). The fraction of sp³-hybridized carbons (Fsp3) is 0.556. The highest BCUT2D eigenvalue weighted by Crippen LogP contribution is 1.91. The van der Waals surface area contributed by atoms with Crippen molar-refractivity contribution >= 4 is 11.6 Å². The smallest absolute Gasteiger partial charge is 0.0258 e. The molecule has 0 aliphatic carbocycles. The third-order valence-corrected chi connectivity index (χ3v) is 1.34. The van der Waals surface area contributed by atoms with Gasteiger partial charge in [0, 0.05) is 5.88 Å². The molecule has 0 atom stereocenters. The van der Waals surface area contributed by atoms with Crippen LogP contribution in [0.2, 0.25) is 0 Å². The Morgan fingerprint density at radius 2 is 1.80 bits per heavy atom. The van der Waals surface area contributed by atoms with Gasteiger partial charge in [0.1, 0.15) is 0 Å². The fourth-order valence-electron chi connectivity index (χ4n) is 0.619. The monoisotopic (exact) mass is 158 g/mol. The van der Waals surface area contributed by atoms with E-state index in [0.717, 1.165) is 25.1 Å². The molecule has 0 heterocycles. The molecule has 0 bridgehead atoms. The molecule has 0 amide bonds. The van der Waals surface area contributed by atoms with Gasteiger partial charge in [0.25, 0.3) is 0 Å². The maximum Gasteiger partial charge on any atom is 0.0258 e. The summed E-state index contributed by atoms with van der Waals surface area (Å²) in [5.74, 6) is 0.730. The van der Waals surface area contributed by atoms with Crippen molar-refractivity contribution in [3.05, 3.63) is 24.3 Å². The average Bonchev–Trinajstić information content (AvgIpc) is 1.97. The lowest BCUT2D eigenvalue weighted by molar-refractivity contribution is 1.18. The van der Waals surface area contributed by atoms with Crippen LogP contribution in [-0.2, 0) is 0 Å². The number of alkyl halides is 1. The van der Waals surface area contributed by atoms with Gasteiger partial charge in [0.2, 0.25) is 0 Å². The molecule has 0 saturated carbocycles. The largest absolute Gasteiger partial charge is 0.126 e. The van der Waals surface area contributed by atoms with Gasteiger partial charge in [-0.25, -0.2) is 0 Å². The van der Waals surface area contributed by atoms with E-state index in [1.54, 1.807) is 0 Å². The van der Waals surface area contributed by atoms with E-state index in [0.29, 0.717) is 0 Å². The van der Waals surface area contributed by atoms with Crippen molar-refractivity contribution in [3.8, 4) is 0 Å². The fourth-order valence-corrected chi connectivity index (χ4v) is 0.745. The SMILES string of the molecule is CCC=CCC=CCCCl. The van der Waals surface area contributed by atoms with Crippen LogP contribution in [0.15, 0.2) is 24.3 Å². The van der Waals surface area contributed by atoms with Gasteiger partial charge in [-0.2, -0.15) is 0 Å². The van der Waals surface area contributed by atoms with Crippen molar-refractivity contribution in [2.24, 2.45) is 0 Å². The standard InChI is InChI=1S/C9H15Cl/c1-2-3-4-5-6-7-8-9-10/h3-4,6-7H,2,5,8-9H2,1H3. The highest BCUT2D eigenvalue weighted by molar-refractivity contribution is 6.17. The number of hydrogen-bond acceptors (Lipinski definition) is 0. The van der Waals surface area contributed by atoms with Crippen molar-refractivity contribution in [2.45, 2.75) is 26.2 Å². The highest BCUT2D eigenvalue weighted by atomic mass is 35.5. The van der Waals surface area contributed by atoms with E-state index in [-0.39, 0.29) is 0 Å². The minimum Gasteiger partial charge on any atom is -0.126 e. The molecule has 0 N–H and O–H groups in total. The summed E-state index contributed by atoms with van der Waals surface area (Å²) in [6.45, 7) is 2.14. The molecule has 0 aliphatic rings. The molecule has 10 heavy (non-hydrogen) atoms. The van der Waals surface area contributed by atoms with Gasteiger partial charge in [0.05, 0.1) is 0 Å². The van der Waals surface area contributed by atoms with Crippen LogP contribution in [0.5, 0.6) is 0 Å². The second-order valence-corrected chi connectivity index (χ2v) is 2.44. The molecule has 0 radical (unpaired) electrons. The minimum absolute atomic E-state index is 0.730. The van der Waals surface area contributed by atoms with E-state index in [1.165, 1.54) is 0 Å². The lowest BCUT2D eigenvalue weighted by Gasteiger charge is -1.82. The Balaban J connectivity index is 3.09. The molecule has 0 spiro atoms. The van der Waals surface area contributed by atoms with Crippen molar-refractivity contribution < 1.29 is 0 Å². The van der Waals surface area contributed by atoms with Crippen LogP contribution >= 0.6 is 11.6 Å². The third kappa shape index (κ3) is 7.77. The quantitative estimate of drug-likeness (QED) is 0.424. The summed E-state index contributed by atoms with van der Waals surface area (Å²) in [7, 11) is 0. The van der Waals surface area contributed by atoms with Gasteiger partial charge in [-0.3, -0.25) is 0 Å². The van der Waals surface area contributed by atoms with Crippen LogP contribution in [0.4, 0.5) is 0 Å². The zero-order valence-corrected chi connectivity index (χ0v) is 7.27. The molecular formula is C9H15Cl. The molecule has 0 aromatic rings. The molecule has 0 aromatic carbocycles. The molecular weight excluding hydrogens is 144 g/mol. The van der Waals surface area contributed by atoms with Crippen molar-refractivity contribution in [1.29, 1.82) is 0 Å². The summed E-state index contributed by atoms with van der Waals surface area (Å²) < 4.78 is 0. The van der Waals surface area contributed by atoms with Crippen molar-refractivity contribution in [2.75, 3.05) is 5.88 Å². The van der Waals surface area contributed by atoms with E-state index in [9.17, 15) is 0 Å². The van der Waals surface area contributed by atoms with E-state index >= 15 is 0 Å². The average molecular weight is 159 g/mol. The lowest BCUT2D eigenvalue weighted by atomic mass is 10.3.